The molecule has 2 N–H and O–H groups in total. The van der Waals surface area contributed by atoms with E-state index in [0.29, 0.717) is 11.5 Å². The summed E-state index contributed by atoms with van der Waals surface area (Å²) in [7, 11) is 0. The number of nitrogens with zero attached hydrogens (tertiary/aromatic N) is 1. The number of ether oxygens (including phenoxy) is 1. The summed E-state index contributed by atoms with van der Waals surface area (Å²) >= 11 is 0. The number of aromatic nitrogens is 1. The summed E-state index contributed by atoms with van der Waals surface area (Å²) in [4.78, 5) is 12.3. The summed E-state index contributed by atoms with van der Waals surface area (Å²) in [5.74, 6) is 0.835. The van der Waals surface area contributed by atoms with Gasteiger partial charge in [-0.2, -0.15) is 0 Å². The predicted molar refractivity (Wildman–Crippen MR) is 92.1 cm³/mol. The summed E-state index contributed by atoms with van der Waals surface area (Å²) in [5.41, 5.74) is 1.89. The monoisotopic (exact) mass is 338 g/mol. The number of rotatable bonds is 7. The van der Waals surface area contributed by atoms with Crippen LogP contribution in [0.3, 0.4) is 0 Å². The van der Waals surface area contributed by atoms with E-state index >= 15 is 0 Å². The zero-order valence-electron chi connectivity index (χ0n) is 13.5. The maximum Gasteiger partial charge on any atom is 0.273 e. The molecule has 128 valence electrons. The lowest BCUT2D eigenvalue weighted by atomic mass is 10.1. The molecule has 1 aromatic heterocycles. The first kappa shape index (κ1) is 16.7. The van der Waals surface area contributed by atoms with Gasteiger partial charge in [0.05, 0.1) is 6.61 Å². The molecule has 0 fully saturated rings. The van der Waals surface area contributed by atoms with Crippen LogP contribution in [0.25, 0.3) is 11.3 Å². The van der Waals surface area contributed by atoms with Gasteiger partial charge in [0, 0.05) is 23.7 Å². The second-order valence-electron chi connectivity index (χ2n) is 5.30. The van der Waals surface area contributed by atoms with E-state index < -0.39 is 0 Å². The number of para-hydroxylation sites is 1. The Balaban J connectivity index is 1.65. The molecule has 3 aromatic rings. The standard InChI is InChI=1S/C19H18N2O4/c22-10-11-24-17-9-5-4-8-15(17)13-20-19(23)16-12-18(25-21-16)14-6-2-1-3-7-14/h1-9,12,22H,10-11,13H2,(H,20,23). The number of benzene rings is 2. The maximum absolute atomic E-state index is 12.3. The Morgan fingerprint density at radius 1 is 1.12 bits per heavy atom. The molecule has 6 nitrogen and oxygen atoms in total. The summed E-state index contributed by atoms with van der Waals surface area (Å²) in [6.07, 6.45) is 0. The van der Waals surface area contributed by atoms with Crippen molar-refractivity contribution in [3.63, 3.8) is 0 Å². The molecule has 1 heterocycles. The van der Waals surface area contributed by atoms with Crippen LogP contribution in [-0.2, 0) is 6.54 Å². The van der Waals surface area contributed by atoms with E-state index in [1.54, 1.807) is 12.1 Å². The second-order valence-corrected chi connectivity index (χ2v) is 5.30. The summed E-state index contributed by atoms with van der Waals surface area (Å²) in [6, 6.07) is 18.4. The van der Waals surface area contributed by atoms with Crippen LogP contribution in [0.1, 0.15) is 16.1 Å². The number of hydrogen-bond acceptors (Lipinski definition) is 5. The number of nitrogens with one attached hydrogen (secondary N) is 1. The van der Waals surface area contributed by atoms with E-state index in [-0.39, 0.29) is 31.4 Å². The molecule has 6 heteroatoms. The SMILES string of the molecule is O=C(NCc1ccccc1OCCO)c1cc(-c2ccccc2)on1. The molecular formula is C19H18N2O4. The van der Waals surface area contributed by atoms with Gasteiger partial charge in [0.15, 0.2) is 11.5 Å². The molecule has 25 heavy (non-hydrogen) atoms. The number of carbonyl (C=O) groups excluding carboxylic acids is 1. The average molecular weight is 338 g/mol. The largest absolute Gasteiger partial charge is 0.491 e. The highest BCUT2D eigenvalue weighted by atomic mass is 16.5. The van der Waals surface area contributed by atoms with Crippen molar-refractivity contribution < 1.29 is 19.2 Å². The van der Waals surface area contributed by atoms with Gasteiger partial charge >= 0.3 is 0 Å². The van der Waals surface area contributed by atoms with Crippen molar-refractivity contribution in [2.24, 2.45) is 0 Å². The fourth-order valence-electron chi connectivity index (χ4n) is 2.33. The van der Waals surface area contributed by atoms with Crippen molar-refractivity contribution in [2.75, 3.05) is 13.2 Å². The van der Waals surface area contributed by atoms with E-state index in [4.69, 9.17) is 14.4 Å². The Bertz CT molecular complexity index is 830. The second kappa shape index (κ2) is 8.12. The van der Waals surface area contributed by atoms with Gasteiger partial charge in [-0.05, 0) is 6.07 Å². The van der Waals surface area contributed by atoms with Gasteiger partial charge in [-0.15, -0.1) is 0 Å². The Morgan fingerprint density at radius 3 is 2.68 bits per heavy atom. The molecule has 0 bridgehead atoms. The molecule has 1 amide bonds. The van der Waals surface area contributed by atoms with Crippen LogP contribution < -0.4 is 10.1 Å². The molecule has 2 aromatic carbocycles. The van der Waals surface area contributed by atoms with E-state index in [9.17, 15) is 4.79 Å². The van der Waals surface area contributed by atoms with Crippen LogP contribution in [-0.4, -0.2) is 29.4 Å². The summed E-state index contributed by atoms with van der Waals surface area (Å²) in [5, 5.41) is 15.5. The van der Waals surface area contributed by atoms with Crippen molar-refractivity contribution in [2.45, 2.75) is 6.54 Å². The van der Waals surface area contributed by atoms with Gasteiger partial charge in [0.2, 0.25) is 0 Å². The van der Waals surface area contributed by atoms with Crippen molar-refractivity contribution in [3.05, 3.63) is 71.9 Å². The van der Waals surface area contributed by atoms with Crippen LogP contribution in [0.4, 0.5) is 0 Å². The minimum Gasteiger partial charge on any atom is -0.491 e. The van der Waals surface area contributed by atoms with Crippen molar-refractivity contribution >= 4 is 5.91 Å². The van der Waals surface area contributed by atoms with Crippen molar-refractivity contribution in [1.29, 1.82) is 0 Å². The van der Waals surface area contributed by atoms with Crippen LogP contribution >= 0.6 is 0 Å². The highest BCUT2D eigenvalue weighted by molar-refractivity contribution is 5.93. The van der Waals surface area contributed by atoms with Gasteiger partial charge in [0.25, 0.3) is 5.91 Å². The number of carbonyl (C=O) groups is 1. The molecule has 0 spiro atoms. The highest BCUT2D eigenvalue weighted by Gasteiger charge is 2.14. The van der Waals surface area contributed by atoms with Gasteiger partial charge in [-0.1, -0.05) is 53.7 Å². The average Bonchev–Trinajstić information content (AvgIpc) is 3.16. The van der Waals surface area contributed by atoms with E-state index in [2.05, 4.69) is 10.5 Å². The highest BCUT2D eigenvalue weighted by Crippen LogP contribution is 2.20. The Morgan fingerprint density at radius 2 is 1.88 bits per heavy atom. The predicted octanol–water partition coefficient (Wildman–Crippen LogP) is 2.64. The summed E-state index contributed by atoms with van der Waals surface area (Å²) < 4.78 is 10.7. The van der Waals surface area contributed by atoms with E-state index in [1.807, 2.05) is 48.5 Å². The molecule has 0 saturated carbocycles. The molecule has 0 radical (unpaired) electrons. The lowest BCUT2D eigenvalue weighted by Gasteiger charge is -2.10. The lowest BCUT2D eigenvalue weighted by Crippen LogP contribution is -2.23. The normalized spacial score (nSPS) is 10.4. The molecule has 0 aliphatic heterocycles. The Hall–Kier alpha value is -3.12. The van der Waals surface area contributed by atoms with Crippen LogP contribution in [0, 0.1) is 0 Å². The maximum atomic E-state index is 12.3. The Kier molecular flexibility index (Phi) is 5.43. The first-order valence-electron chi connectivity index (χ1n) is 7.90. The first-order valence-corrected chi connectivity index (χ1v) is 7.90. The van der Waals surface area contributed by atoms with Gasteiger partial charge < -0.3 is 19.7 Å². The molecule has 0 unspecified atom stereocenters. The molecule has 0 atom stereocenters. The quantitative estimate of drug-likeness (QED) is 0.692. The molecule has 3 rings (SSSR count). The fourth-order valence-corrected chi connectivity index (χ4v) is 2.33. The third-order valence-electron chi connectivity index (χ3n) is 3.56. The lowest BCUT2D eigenvalue weighted by molar-refractivity contribution is 0.0941. The fraction of sp³-hybridized carbons (Fsp3) is 0.158. The number of aliphatic hydroxyl groups excluding tert-OH is 1. The van der Waals surface area contributed by atoms with Gasteiger partial charge in [-0.3, -0.25) is 4.79 Å². The third kappa shape index (κ3) is 4.24. The van der Waals surface area contributed by atoms with Crippen LogP contribution in [0.2, 0.25) is 0 Å². The molecule has 0 saturated heterocycles. The third-order valence-corrected chi connectivity index (χ3v) is 3.56. The number of aliphatic hydroxyl groups is 1. The number of amides is 1. The number of hydrogen-bond donors (Lipinski definition) is 2. The topological polar surface area (TPSA) is 84.6 Å². The van der Waals surface area contributed by atoms with E-state index in [0.717, 1.165) is 11.1 Å². The minimum absolute atomic E-state index is 0.0676. The van der Waals surface area contributed by atoms with E-state index in [1.165, 1.54) is 0 Å². The summed E-state index contributed by atoms with van der Waals surface area (Å²) in [6.45, 7) is 0.421. The van der Waals surface area contributed by atoms with Crippen LogP contribution in [0.15, 0.2) is 65.2 Å². The van der Waals surface area contributed by atoms with Gasteiger partial charge in [0.1, 0.15) is 12.4 Å². The molecule has 0 aliphatic carbocycles. The minimum atomic E-state index is -0.331. The van der Waals surface area contributed by atoms with Crippen LogP contribution in [0.5, 0.6) is 5.75 Å². The zero-order chi connectivity index (χ0) is 17.5. The van der Waals surface area contributed by atoms with Crippen molar-refractivity contribution in [3.8, 4) is 17.1 Å². The molecular weight excluding hydrogens is 320 g/mol. The van der Waals surface area contributed by atoms with Crippen molar-refractivity contribution in [1.82, 2.24) is 10.5 Å². The molecule has 0 aliphatic rings. The smallest absolute Gasteiger partial charge is 0.273 e. The zero-order valence-corrected chi connectivity index (χ0v) is 13.5. The Labute approximate surface area is 145 Å². The van der Waals surface area contributed by atoms with Gasteiger partial charge in [-0.25, -0.2) is 0 Å². The first-order chi connectivity index (χ1) is 12.3.